The number of carbonyl (C=O) groups excluding carboxylic acids is 1. The summed E-state index contributed by atoms with van der Waals surface area (Å²) in [5, 5.41) is 7.11. The topological polar surface area (TPSA) is 62.2 Å². The van der Waals surface area contributed by atoms with E-state index in [0.29, 0.717) is 18.1 Å². The number of nitrogens with zero attached hydrogens (tertiary/aromatic N) is 3. The van der Waals surface area contributed by atoms with Crippen molar-refractivity contribution >= 4 is 28.9 Å². The standard InChI is InChI=1S/C24H27N5OS/c1-16-7-8-17(2)20(14-16)26-21(30)10-13-29-23(18-9-12-28(3)15-18)22(27-24(29)31)19-6-4-5-11-25-19/h4-9,11-12,14-15,22-23H,10,13H2,1-3H3,(H,26,30)(H,27,31)/t22-,23+/m1/s1. The number of hydrogen-bond acceptors (Lipinski definition) is 3. The summed E-state index contributed by atoms with van der Waals surface area (Å²) >= 11 is 5.67. The lowest BCUT2D eigenvalue weighted by Crippen LogP contribution is -2.32. The molecule has 7 heteroatoms. The molecule has 3 heterocycles. The van der Waals surface area contributed by atoms with Crippen LogP contribution < -0.4 is 10.6 Å². The Balaban J connectivity index is 1.52. The Bertz CT molecular complexity index is 1090. The summed E-state index contributed by atoms with van der Waals surface area (Å²) in [7, 11) is 2.00. The minimum Gasteiger partial charge on any atom is -0.357 e. The highest BCUT2D eigenvalue weighted by molar-refractivity contribution is 7.80. The molecule has 1 amide bonds. The largest absolute Gasteiger partial charge is 0.357 e. The molecule has 1 fully saturated rings. The maximum Gasteiger partial charge on any atom is 0.226 e. The van der Waals surface area contributed by atoms with E-state index in [2.05, 4.69) is 32.8 Å². The molecule has 1 aliphatic rings. The van der Waals surface area contributed by atoms with Crippen LogP contribution in [0.15, 0.2) is 61.1 Å². The number of carbonyl (C=O) groups is 1. The fraction of sp³-hybridized carbons (Fsp3) is 0.292. The minimum atomic E-state index is -0.0711. The smallest absolute Gasteiger partial charge is 0.226 e. The SMILES string of the molecule is Cc1ccc(C)c(NC(=O)CCN2C(=S)N[C@H](c3ccccn3)[C@@H]2c2ccn(C)c2)c1. The second kappa shape index (κ2) is 8.89. The lowest BCUT2D eigenvalue weighted by atomic mass is 9.99. The number of aryl methyl sites for hydroxylation is 3. The number of thiocarbonyl (C=S) groups is 1. The first-order valence-electron chi connectivity index (χ1n) is 10.4. The summed E-state index contributed by atoms with van der Waals surface area (Å²) in [4.78, 5) is 19.4. The van der Waals surface area contributed by atoms with Crippen LogP contribution in [0.5, 0.6) is 0 Å². The molecular weight excluding hydrogens is 406 g/mol. The van der Waals surface area contributed by atoms with Crippen molar-refractivity contribution < 1.29 is 4.79 Å². The molecule has 6 nitrogen and oxygen atoms in total. The van der Waals surface area contributed by atoms with E-state index in [1.54, 1.807) is 6.20 Å². The molecule has 3 aromatic rings. The van der Waals surface area contributed by atoms with Crippen molar-refractivity contribution in [1.82, 2.24) is 19.8 Å². The molecule has 4 rings (SSSR count). The summed E-state index contributed by atoms with van der Waals surface area (Å²) < 4.78 is 2.03. The Hall–Kier alpha value is -3.19. The van der Waals surface area contributed by atoms with E-state index in [-0.39, 0.29) is 18.0 Å². The average Bonchev–Trinajstić information content (AvgIpc) is 3.32. The van der Waals surface area contributed by atoms with Gasteiger partial charge in [-0.1, -0.05) is 18.2 Å². The molecule has 0 unspecified atom stereocenters. The van der Waals surface area contributed by atoms with Gasteiger partial charge >= 0.3 is 0 Å². The molecule has 160 valence electrons. The number of amides is 1. The molecule has 2 N–H and O–H groups in total. The molecule has 0 radical (unpaired) electrons. The number of benzene rings is 1. The fourth-order valence-electron chi connectivity index (χ4n) is 4.01. The van der Waals surface area contributed by atoms with E-state index in [1.807, 2.05) is 68.1 Å². The normalized spacial score (nSPS) is 18.2. The number of hydrogen-bond donors (Lipinski definition) is 2. The highest BCUT2D eigenvalue weighted by Gasteiger charge is 2.40. The molecule has 0 bridgehead atoms. The molecule has 0 spiro atoms. The van der Waals surface area contributed by atoms with Gasteiger partial charge in [0, 0.05) is 44.3 Å². The Morgan fingerprint density at radius 1 is 1.23 bits per heavy atom. The van der Waals surface area contributed by atoms with E-state index < -0.39 is 0 Å². The van der Waals surface area contributed by atoms with Crippen LogP contribution in [-0.2, 0) is 11.8 Å². The Morgan fingerprint density at radius 2 is 2.06 bits per heavy atom. The number of pyridine rings is 1. The third-order valence-electron chi connectivity index (χ3n) is 5.64. The number of nitrogens with one attached hydrogen (secondary N) is 2. The van der Waals surface area contributed by atoms with Crippen molar-refractivity contribution in [3.8, 4) is 0 Å². The monoisotopic (exact) mass is 433 g/mol. The maximum atomic E-state index is 12.7. The number of rotatable bonds is 6. The summed E-state index contributed by atoms with van der Waals surface area (Å²) in [6.45, 7) is 4.54. The zero-order valence-electron chi connectivity index (χ0n) is 18.0. The van der Waals surface area contributed by atoms with Gasteiger partial charge in [-0.3, -0.25) is 9.78 Å². The summed E-state index contributed by atoms with van der Waals surface area (Å²) in [6, 6.07) is 14.0. The van der Waals surface area contributed by atoms with Crippen LogP contribution in [0, 0.1) is 13.8 Å². The van der Waals surface area contributed by atoms with Crippen LogP contribution in [0.25, 0.3) is 0 Å². The van der Waals surface area contributed by atoms with Crippen LogP contribution in [0.2, 0.25) is 0 Å². The second-order valence-corrected chi connectivity index (χ2v) is 8.43. The van der Waals surface area contributed by atoms with Gasteiger partial charge < -0.3 is 20.1 Å². The quantitative estimate of drug-likeness (QED) is 0.575. The molecular formula is C24H27N5OS. The fourth-order valence-corrected chi connectivity index (χ4v) is 4.35. The van der Waals surface area contributed by atoms with Crippen molar-refractivity contribution in [3.63, 3.8) is 0 Å². The van der Waals surface area contributed by atoms with E-state index in [0.717, 1.165) is 28.1 Å². The highest BCUT2D eigenvalue weighted by atomic mass is 32.1. The Labute approximate surface area is 188 Å². The third kappa shape index (κ3) is 4.61. The molecule has 1 aliphatic heterocycles. The van der Waals surface area contributed by atoms with E-state index in [1.165, 1.54) is 0 Å². The molecule has 2 atom stereocenters. The van der Waals surface area contributed by atoms with Gasteiger partial charge in [0.15, 0.2) is 5.11 Å². The van der Waals surface area contributed by atoms with Crippen molar-refractivity contribution in [3.05, 3.63) is 83.4 Å². The highest BCUT2D eigenvalue weighted by Crippen LogP contribution is 2.38. The van der Waals surface area contributed by atoms with Gasteiger partial charge in [0.25, 0.3) is 0 Å². The zero-order chi connectivity index (χ0) is 22.0. The van der Waals surface area contributed by atoms with E-state index >= 15 is 0 Å². The first-order valence-corrected chi connectivity index (χ1v) is 10.8. The number of aromatic nitrogens is 2. The van der Waals surface area contributed by atoms with Gasteiger partial charge in [0.05, 0.1) is 17.8 Å². The summed E-state index contributed by atoms with van der Waals surface area (Å²) in [5.41, 5.74) is 5.10. The molecule has 0 saturated carbocycles. The van der Waals surface area contributed by atoms with Crippen molar-refractivity contribution in [2.75, 3.05) is 11.9 Å². The first kappa shape index (κ1) is 21.1. The lowest BCUT2D eigenvalue weighted by molar-refractivity contribution is -0.116. The van der Waals surface area contributed by atoms with Gasteiger partial charge in [0.2, 0.25) is 5.91 Å². The van der Waals surface area contributed by atoms with Gasteiger partial charge in [-0.25, -0.2) is 0 Å². The minimum absolute atomic E-state index is 0.0235. The van der Waals surface area contributed by atoms with Crippen LogP contribution >= 0.6 is 12.2 Å². The predicted octanol–water partition coefficient (Wildman–Crippen LogP) is 4.04. The summed E-state index contributed by atoms with van der Waals surface area (Å²) in [6.07, 6.45) is 6.26. The van der Waals surface area contributed by atoms with Crippen molar-refractivity contribution in [1.29, 1.82) is 0 Å². The van der Waals surface area contributed by atoms with Gasteiger partial charge in [-0.2, -0.15) is 0 Å². The van der Waals surface area contributed by atoms with Crippen molar-refractivity contribution in [2.45, 2.75) is 32.4 Å². The Kier molecular flexibility index (Phi) is 6.04. The van der Waals surface area contributed by atoms with Crippen LogP contribution in [0.4, 0.5) is 5.69 Å². The van der Waals surface area contributed by atoms with Crippen LogP contribution in [0.3, 0.4) is 0 Å². The van der Waals surface area contributed by atoms with Crippen LogP contribution in [-0.4, -0.2) is 32.0 Å². The lowest BCUT2D eigenvalue weighted by Gasteiger charge is -2.27. The molecule has 31 heavy (non-hydrogen) atoms. The number of anilines is 1. The van der Waals surface area contributed by atoms with Gasteiger partial charge in [0.1, 0.15) is 0 Å². The Morgan fingerprint density at radius 3 is 2.77 bits per heavy atom. The van der Waals surface area contributed by atoms with E-state index in [9.17, 15) is 4.79 Å². The first-order chi connectivity index (χ1) is 14.9. The summed E-state index contributed by atoms with van der Waals surface area (Å²) in [5.74, 6) is -0.0235. The van der Waals surface area contributed by atoms with E-state index in [4.69, 9.17) is 12.2 Å². The van der Waals surface area contributed by atoms with Crippen molar-refractivity contribution in [2.24, 2.45) is 7.05 Å². The molecule has 1 saturated heterocycles. The zero-order valence-corrected chi connectivity index (χ0v) is 18.8. The maximum absolute atomic E-state index is 12.7. The molecule has 1 aromatic carbocycles. The third-order valence-corrected chi connectivity index (χ3v) is 5.99. The van der Waals surface area contributed by atoms with Gasteiger partial charge in [-0.05, 0) is 67.0 Å². The van der Waals surface area contributed by atoms with Crippen LogP contribution in [0.1, 0.15) is 40.9 Å². The average molecular weight is 434 g/mol. The molecule has 2 aromatic heterocycles. The second-order valence-electron chi connectivity index (χ2n) is 8.05. The predicted molar refractivity (Wildman–Crippen MR) is 127 cm³/mol. The van der Waals surface area contributed by atoms with Gasteiger partial charge in [-0.15, -0.1) is 0 Å². The molecule has 0 aliphatic carbocycles.